The van der Waals surface area contributed by atoms with E-state index in [1.165, 1.54) is 205 Å². The number of hydrogen-bond acceptors (Lipinski definition) is 8. The number of phosphoric ester groups is 1. The lowest BCUT2D eigenvalue weighted by Crippen LogP contribution is -2.29. The van der Waals surface area contributed by atoms with Crippen molar-refractivity contribution in [2.24, 2.45) is 0 Å². The Morgan fingerprint density at radius 2 is 0.850 bits per heavy atom. The van der Waals surface area contributed by atoms with Crippen molar-refractivity contribution in [3.63, 3.8) is 0 Å². The highest BCUT2D eigenvalue weighted by Gasteiger charge is 2.26. The normalized spacial score (nSPS) is 13.9. The molecule has 10 heteroatoms. The number of hydrogen-bond donors (Lipinski definition) is 3. The molecular weight excluding hydrogens is 776 g/mol. The van der Waals surface area contributed by atoms with Crippen molar-refractivity contribution in [2.75, 3.05) is 33.0 Å². The third-order valence-electron chi connectivity index (χ3n) is 11.5. The van der Waals surface area contributed by atoms with Crippen molar-refractivity contribution in [3.05, 3.63) is 12.2 Å². The molecule has 0 aliphatic rings. The van der Waals surface area contributed by atoms with Gasteiger partial charge in [-0.3, -0.25) is 13.8 Å². The Labute approximate surface area is 370 Å². The predicted molar refractivity (Wildman–Crippen MR) is 251 cm³/mol. The summed E-state index contributed by atoms with van der Waals surface area (Å²) in [7, 11) is -4.52. The van der Waals surface area contributed by atoms with Gasteiger partial charge in [0.1, 0.15) is 12.2 Å². The lowest BCUT2D eigenvalue weighted by molar-refractivity contribution is -0.154. The summed E-state index contributed by atoms with van der Waals surface area (Å²) in [4.78, 5) is 22.7. The van der Waals surface area contributed by atoms with Crippen LogP contribution in [0.15, 0.2) is 12.2 Å². The maximum absolute atomic E-state index is 12.7. The molecule has 0 aromatic carbocycles. The molecule has 0 spiro atoms. The van der Waals surface area contributed by atoms with Crippen LogP contribution in [-0.2, 0) is 27.9 Å². The quantitative estimate of drug-likeness (QED) is 0.0236. The van der Waals surface area contributed by atoms with Gasteiger partial charge in [0.05, 0.1) is 26.4 Å². The Kier molecular flexibility index (Phi) is 47.0. The van der Waals surface area contributed by atoms with Crippen LogP contribution in [0.5, 0.6) is 0 Å². The minimum absolute atomic E-state index is 0.0552. The number of aliphatic hydroxyl groups excluding tert-OH is 2. The lowest BCUT2D eigenvalue weighted by Gasteiger charge is -2.20. The van der Waals surface area contributed by atoms with E-state index in [-0.39, 0.29) is 25.6 Å². The van der Waals surface area contributed by atoms with Gasteiger partial charge in [0, 0.05) is 13.0 Å². The fourth-order valence-electron chi connectivity index (χ4n) is 7.53. The van der Waals surface area contributed by atoms with Crippen molar-refractivity contribution >= 4 is 13.8 Å². The molecule has 0 radical (unpaired) electrons. The summed E-state index contributed by atoms with van der Waals surface area (Å²) in [5.74, 6) is -0.378. The molecule has 0 saturated carbocycles. The molecular formula is C50H99O9P. The fourth-order valence-corrected chi connectivity index (χ4v) is 8.32. The first-order chi connectivity index (χ1) is 29.3. The molecule has 0 rings (SSSR count). The van der Waals surface area contributed by atoms with Gasteiger partial charge >= 0.3 is 13.8 Å². The van der Waals surface area contributed by atoms with Crippen LogP contribution in [0, 0.1) is 0 Å². The Balaban J connectivity index is 4.04. The molecule has 358 valence electrons. The molecule has 3 N–H and O–H groups in total. The zero-order chi connectivity index (χ0) is 43.9. The molecule has 0 aliphatic carbocycles. The SMILES string of the molecule is CCCCCCCC/C=C\CCCCCCCCCCCC(=O)OC(COCCCCCCCCCCCCCCCCCCCCCC)COP(=O)(O)OCC(O)CO. The molecule has 0 amide bonds. The molecule has 9 nitrogen and oxygen atoms in total. The minimum Gasteiger partial charge on any atom is -0.457 e. The van der Waals surface area contributed by atoms with Gasteiger partial charge in [-0.05, 0) is 38.5 Å². The van der Waals surface area contributed by atoms with E-state index in [0.717, 1.165) is 32.1 Å². The predicted octanol–water partition coefficient (Wildman–Crippen LogP) is 14.8. The second-order valence-corrected chi connectivity index (χ2v) is 19.0. The Morgan fingerprint density at radius 3 is 1.25 bits per heavy atom. The van der Waals surface area contributed by atoms with Gasteiger partial charge in [0.15, 0.2) is 0 Å². The fraction of sp³-hybridized carbons (Fsp3) is 0.940. The first-order valence-corrected chi connectivity index (χ1v) is 27.2. The second-order valence-electron chi connectivity index (χ2n) is 17.5. The third kappa shape index (κ3) is 46.7. The molecule has 0 saturated heterocycles. The summed E-state index contributed by atoms with van der Waals surface area (Å²) in [6.07, 6.45) is 50.3. The van der Waals surface area contributed by atoms with E-state index >= 15 is 0 Å². The average molecular weight is 875 g/mol. The standard InChI is InChI=1S/C50H99O9P/c1-3-5-7-9-11-13-15-17-19-21-23-25-27-29-31-33-35-37-39-41-43-56-46-49(47-58-60(54,55)57-45-48(52)44-51)59-50(53)42-40-38-36-34-32-30-28-26-24-22-20-18-16-14-12-10-8-6-4-2/h18,20,48-49,51-52H,3-17,19,21-47H2,1-2H3,(H,54,55)/b20-18-. The maximum Gasteiger partial charge on any atom is 0.472 e. The Morgan fingerprint density at radius 1 is 0.500 bits per heavy atom. The number of rotatable bonds is 50. The number of aliphatic hydroxyl groups is 2. The van der Waals surface area contributed by atoms with E-state index in [4.69, 9.17) is 23.6 Å². The first-order valence-electron chi connectivity index (χ1n) is 25.7. The topological polar surface area (TPSA) is 132 Å². The number of esters is 1. The number of phosphoric acid groups is 1. The lowest BCUT2D eigenvalue weighted by atomic mass is 10.0. The summed E-state index contributed by atoms with van der Waals surface area (Å²) in [6.45, 7) is 3.58. The van der Waals surface area contributed by atoms with Gasteiger partial charge < -0.3 is 24.6 Å². The van der Waals surface area contributed by atoms with Gasteiger partial charge in [-0.25, -0.2) is 4.57 Å². The third-order valence-corrected chi connectivity index (χ3v) is 12.4. The zero-order valence-electron chi connectivity index (χ0n) is 39.5. The van der Waals surface area contributed by atoms with Crippen LogP contribution in [-0.4, -0.2) is 66.3 Å². The minimum atomic E-state index is -4.52. The van der Waals surface area contributed by atoms with Crippen LogP contribution < -0.4 is 0 Å². The summed E-state index contributed by atoms with van der Waals surface area (Å²) >= 11 is 0. The summed E-state index contributed by atoms with van der Waals surface area (Å²) in [5.41, 5.74) is 0. The highest BCUT2D eigenvalue weighted by molar-refractivity contribution is 7.47. The van der Waals surface area contributed by atoms with Crippen molar-refractivity contribution in [1.29, 1.82) is 0 Å². The molecule has 3 atom stereocenters. The highest BCUT2D eigenvalue weighted by atomic mass is 31.2. The van der Waals surface area contributed by atoms with Crippen LogP contribution in [0.25, 0.3) is 0 Å². The van der Waals surface area contributed by atoms with Gasteiger partial charge in [-0.2, -0.15) is 0 Å². The van der Waals surface area contributed by atoms with E-state index in [1.54, 1.807) is 0 Å². The van der Waals surface area contributed by atoms with E-state index < -0.39 is 33.2 Å². The monoisotopic (exact) mass is 875 g/mol. The van der Waals surface area contributed by atoms with Crippen LogP contribution in [0.1, 0.15) is 258 Å². The maximum atomic E-state index is 12.7. The van der Waals surface area contributed by atoms with Crippen molar-refractivity contribution in [1.82, 2.24) is 0 Å². The summed E-state index contributed by atoms with van der Waals surface area (Å²) in [6, 6.07) is 0. The van der Waals surface area contributed by atoms with E-state index in [0.29, 0.717) is 6.61 Å². The highest BCUT2D eigenvalue weighted by Crippen LogP contribution is 2.43. The zero-order valence-corrected chi connectivity index (χ0v) is 40.3. The first kappa shape index (κ1) is 59.2. The molecule has 0 aromatic heterocycles. The van der Waals surface area contributed by atoms with Gasteiger partial charge in [-0.15, -0.1) is 0 Å². The number of allylic oxidation sites excluding steroid dienone is 2. The van der Waals surface area contributed by atoms with E-state index in [9.17, 15) is 19.4 Å². The van der Waals surface area contributed by atoms with Crippen LogP contribution in [0.2, 0.25) is 0 Å². The molecule has 0 aliphatic heterocycles. The number of carbonyl (C=O) groups is 1. The molecule has 0 aromatic rings. The van der Waals surface area contributed by atoms with Gasteiger partial charge in [0.2, 0.25) is 0 Å². The van der Waals surface area contributed by atoms with Gasteiger partial charge in [0.25, 0.3) is 0 Å². The van der Waals surface area contributed by atoms with E-state index in [2.05, 4.69) is 26.0 Å². The van der Waals surface area contributed by atoms with Crippen molar-refractivity contribution in [3.8, 4) is 0 Å². The molecule has 0 bridgehead atoms. The van der Waals surface area contributed by atoms with Crippen molar-refractivity contribution < 1.29 is 43.0 Å². The summed E-state index contributed by atoms with van der Waals surface area (Å²) in [5, 5.41) is 18.4. The Bertz CT molecular complexity index is 949. The van der Waals surface area contributed by atoms with Crippen LogP contribution in [0.4, 0.5) is 0 Å². The number of unbranched alkanes of at least 4 members (excludes halogenated alkanes) is 34. The largest absolute Gasteiger partial charge is 0.472 e. The second kappa shape index (κ2) is 47.7. The smallest absolute Gasteiger partial charge is 0.457 e. The molecule has 3 unspecified atom stereocenters. The van der Waals surface area contributed by atoms with Crippen LogP contribution >= 0.6 is 7.82 Å². The van der Waals surface area contributed by atoms with Crippen molar-refractivity contribution in [2.45, 2.75) is 270 Å². The molecule has 0 heterocycles. The molecule has 60 heavy (non-hydrogen) atoms. The van der Waals surface area contributed by atoms with E-state index in [1.807, 2.05) is 0 Å². The summed E-state index contributed by atoms with van der Waals surface area (Å²) < 4.78 is 33.5. The molecule has 0 fully saturated rings. The number of carbonyl (C=O) groups excluding carboxylic acids is 1. The van der Waals surface area contributed by atoms with Gasteiger partial charge in [-0.1, -0.05) is 225 Å². The average Bonchev–Trinajstić information content (AvgIpc) is 3.24. The number of ether oxygens (including phenoxy) is 2. The Hall–Kier alpha value is -0.800. The van der Waals surface area contributed by atoms with Crippen LogP contribution in [0.3, 0.4) is 0 Å².